The van der Waals surface area contributed by atoms with Gasteiger partial charge < -0.3 is 10.4 Å². The summed E-state index contributed by atoms with van der Waals surface area (Å²) in [6, 6.07) is 6.41. The normalized spacial score (nSPS) is 17.2. The highest BCUT2D eigenvalue weighted by molar-refractivity contribution is 5.97. The van der Waals surface area contributed by atoms with Crippen molar-refractivity contribution in [2.45, 2.75) is 32.2 Å². The number of rotatable bonds is 5. The molecule has 114 valence electrons. The molecule has 1 heterocycles. The smallest absolute Gasteiger partial charge is 0.335 e. The van der Waals surface area contributed by atoms with Gasteiger partial charge in [0, 0.05) is 18.2 Å². The van der Waals surface area contributed by atoms with E-state index in [0.717, 1.165) is 13.1 Å². The topological polar surface area (TPSA) is 69.6 Å². The number of aromatic carboxylic acids is 1. The Hall–Kier alpha value is -1.88. The molecule has 5 heteroatoms. The number of hydrogen-bond acceptors (Lipinski definition) is 3. The lowest BCUT2D eigenvalue weighted by Gasteiger charge is -2.32. The van der Waals surface area contributed by atoms with Crippen molar-refractivity contribution in [2.75, 3.05) is 19.6 Å². The van der Waals surface area contributed by atoms with Crippen molar-refractivity contribution in [1.82, 2.24) is 10.2 Å². The van der Waals surface area contributed by atoms with Crippen LogP contribution in [-0.2, 0) is 0 Å². The molecular formula is C16H22N2O3. The number of amides is 1. The summed E-state index contributed by atoms with van der Waals surface area (Å²) in [5, 5.41) is 11.8. The molecule has 1 fully saturated rings. The monoisotopic (exact) mass is 290 g/mol. The molecule has 1 saturated heterocycles. The van der Waals surface area contributed by atoms with Crippen LogP contribution in [0.4, 0.5) is 0 Å². The second kappa shape index (κ2) is 7.22. The van der Waals surface area contributed by atoms with Crippen LogP contribution in [0.5, 0.6) is 0 Å². The van der Waals surface area contributed by atoms with Crippen LogP contribution in [0.3, 0.4) is 0 Å². The van der Waals surface area contributed by atoms with Crippen LogP contribution in [0.15, 0.2) is 24.3 Å². The molecule has 0 aromatic heterocycles. The first kappa shape index (κ1) is 15.5. The van der Waals surface area contributed by atoms with E-state index in [2.05, 4.69) is 17.1 Å². The molecule has 2 rings (SSSR count). The number of hydrogen-bond donors (Lipinski definition) is 2. The van der Waals surface area contributed by atoms with Crippen LogP contribution in [0.1, 0.15) is 46.9 Å². The van der Waals surface area contributed by atoms with Crippen molar-refractivity contribution in [3.8, 4) is 0 Å². The highest BCUT2D eigenvalue weighted by atomic mass is 16.4. The summed E-state index contributed by atoms with van der Waals surface area (Å²) < 4.78 is 0. The lowest BCUT2D eigenvalue weighted by Crippen LogP contribution is -2.44. The van der Waals surface area contributed by atoms with E-state index < -0.39 is 5.97 Å². The Morgan fingerprint density at radius 2 is 1.90 bits per heavy atom. The molecule has 0 bridgehead atoms. The molecule has 1 amide bonds. The lowest BCUT2D eigenvalue weighted by atomic mass is 10.1. The number of nitrogens with zero attached hydrogens (tertiary/aromatic N) is 1. The zero-order valence-corrected chi connectivity index (χ0v) is 12.3. The third-order valence-electron chi connectivity index (χ3n) is 3.94. The second-order valence-corrected chi connectivity index (χ2v) is 5.54. The first-order valence-electron chi connectivity index (χ1n) is 7.43. The van der Waals surface area contributed by atoms with Gasteiger partial charge in [0.2, 0.25) is 0 Å². The third kappa shape index (κ3) is 4.29. The van der Waals surface area contributed by atoms with Crippen molar-refractivity contribution in [1.29, 1.82) is 0 Å². The summed E-state index contributed by atoms with van der Waals surface area (Å²) in [7, 11) is 0. The van der Waals surface area contributed by atoms with Gasteiger partial charge in [-0.05, 0) is 51.1 Å². The summed E-state index contributed by atoms with van der Waals surface area (Å²) in [5.74, 6) is -1.24. The standard InChI is InChI=1S/C16H22N2O3/c1-12(18-8-3-2-4-9-18)11-17-15(19)13-6-5-7-14(10-13)16(20)21/h5-7,10,12H,2-4,8-9,11H2,1H3,(H,17,19)(H,20,21). The molecule has 0 spiro atoms. The third-order valence-corrected chi connectivity index (χ3v) is 3.94. The number of carbonyl (C=O) groups excluding carboxylic acids is 1. The molecule has 0 radical (unpaired) electrons. The maximum absolute atomic E-state index is 12.1. The van der Waals surface area contributed by atoms with Crippen molar-refractivity contribution in [3.05, 3.63) is 35.4 Å². The summed E-state index contributed by atoms with van der Waals surface area (Å²) in [5.41, 5.74) is 0.521. The highest BCUT2D eigenvalue weighted by Crippen LogP contribution is 2.12. The van der Waals surface area contributed by atoms with E-state index in [1.54, 1.807) is 12.1 Å². The zero-order chi connectivity index (χ0) is 15.2. The van der Waals surface area contributed by atoms with Crippen molar-refractivity contribution in [2.24, 2.45) is 0 Å². The minimum Gasteiger partial charge on any atom is -0.478 e. The molecule has 1 aromatic rings. The number of likely N-dealkylation sites (tertiary alicyclic amines) is 1. The van der Waals surface area contributed by atoms with Gasteiger partial charge in [0.05, 0.1) is 5.56 Å². The molecule has 1 aliphatic heterocycles. The summed E-state index contributed by atoms with van der Waals surface area (Å²) in [6.07, 6.45) is 3.73. The maximum Gasteiger partial charge on any atom is 0.335 e. The van der Waals surface area contributed by atoms with E-state index >= 15 is 0 Å². The van der Waals surface area contributed by atoms with Crippen LogP contribution in [-0.4, -0.2) is 47.6 Å². The number of carboxylic acid groups (broad SMARTS) is 1. The summed E-state index contributed by atoms with van der Waals surface area (Å²) >= 11 is 0. The molecule has 5 nitrogen and oxygen atoms in total. The SMILES string of the molecule is CC(CNC(=O)c1cccc(C(=O)O)c1)N1CCCCC1. The van der Waals surface area contributed by atoms with Crippen LogP contribution in [0.25, 0.3) is 0 Å². The van der Waals surface area contributed by atoms with Crippen molar-refractivity contribution in [3.63, 3.8) is 0 Å². The number of carbonyl (C=O) groups is 2. The zero-order valence-electron chi connectivity index (χ0n) is 12.3. The Balaban J connectivity index is 1.89. The largest absolute Gasteiger partial charge is 0.478 e. The van der Waals surface area contributed by atoms with Crippen LogP contribution in [0.2, 0.25) is 0 Å². The van der Waals surface area contributed by atoms with E-state index in [0.29, 0.717) is 18.2 Å². The van der Waals surface area contributed by atoms with E-state index in [9.17, 15) is 9.59 Å². The fraction of sp³-hybridized carbons (Fsp3) is 0.500. The fourth-order valence-electron chi connectivity index (χ4n) is 2.62. The molecule has 1 aliphatic rings. The van der Waals surface area contributed by atoms with E-state index in [1.807, 2.05) is 0 Å². The summed E-state index contributed by atoms with van der Waals surface area (Å²) in [6.45, 7) is 4.87. The molecule has 1 aromatic carbocycles. The van der Waals surface area contributed by atoms with Gasteiger partial charge in [-0.1, -0.05) is 12.5 Å². The van der Waals surface area contributed by atoms with Gasteiger partial charge in [-0.3, -0.25) is 9.69 Å². The number of nitrogens with one attached hydrogen (secondary N) is 1. The van der Waals surface area contributed by atoms with Gasteiger partial charge in [0.25, 0.3) is 5.91 Å². The van der Waals surface area contributed by atoms with Crippen LogP contribution < -0.4 is 5.32 Å². The average Bonchev–Trinajstić information content (AvgIpc) is 2.53. The predicted octanol–water partition coefficient (Wildman–Crippen LogP) is 1.99. The Kier molecular flexibility index (Phi) is 5.33. The minimum absolute atomic E-state index is 0.131. The van der Waals surface area contributed by atoms with Gasteiger partial charge in [-0.25, -0.2) is 4.79 Å². The van der Waals surface area contributed by atoms with Crippen LogP contribution >= 0.6 is 0 Å². The molecule has 0 saturated carbocycles. The number of piperidine rings is 1. The highest BCUT2D eigenvalue weighted by Gasteiger charge is 2.17. The number of benzene rings is 1. The Bertz CT molecular complexity index is 510. The first-order chi connectivity index (χ1) is 10.1. The molecule has 2 N–H and O–H groups in total. The van der Waals surface area contributed by atoms with E-state index in [4.69, 9.17) is 5.11 Å². The predicted molar refractivity (Wildman–Crippen MR) is 80.6 cm³/mol. The Morgan fingerprint density at radius 1 is 1.24 bits per heavy atom. The van der Waals surface area contributed by atoms with E-state index in [-0.39, 0.29) is 11.5 Å². The molecule has 1 unspecified atom stereocenters. The van der Waals surface area contributed by atoms with Gasteiger partial charge >= 0.3 is 5.97 Å². The average molecular weight is 290 g/mol. The molecular weight excluding hydrogens is 268 g/mol. The molecule has 21 heavy (non-hydrogen) atoms. The number of carboxylic acids is 1. The quantitative estimate of drug-likeness (QED) is 0.870. The van der Waals surface area contributed by atoms with Gasteiger partial charge in [0.15, 0.2) is 0 Å². The van der Waals surface area contributed by atoms with Crippen molar-refractivity contribution < 1.29 is 14.7 Å². The summed E-state index contributed by atoms with van der Waals surface area (Å²) in [4.78, 5) is 25.4. The Morgan fingerprint density at radius 3 is 2.57 bits per heavy atom. The van der Waals surface area contributed by atoms with E-state index in [1.165, 1.54) is 31.4 Å². The maximum atomic E-state index is 12.1. The second-order valence-electron chi connectivity index (χ2n) is 5.54. The van der Waals surface area contributed by atoms with Crippen LogP contribution in [0, 0.1) is 0 Å². The minimum atomic E-state index is -1.02. The molecule has 0 aliphatic carbocycles. The van der Waals surface area contributed by atoms with Gasteiger partial charge in [-0.15, -0.1) is 0 Å². The fourth-order valence-corrected chi connectivity index (χ4v) is 2.62. The Labute approximate surface area is 125 Å². The van der Waals surface area contributed by atoms with Gasteiger partial charge in [0.1, 0.15) is 0 Å². The molecule has 1 atom stereocenters. The van der Waals surface area contributed by atoms with Gasteiger partial charge in [-0.2, -0.15) is 0 Å². The first-order valence-corrected chi connectivity index (χ1v) is 7.43. The van der Waals surface area contributed by atoms with Crippen molar-refractivity contribution >= 4 is 11.9 Å². The lowest BCUT2D eigenvalue weighted by molar-refractivity contribution is 0.0697.